The molecule has 0 bridgehead atoms. The first-order valence-electron chi connectivity index (χ1n) is 9.37. The quantitative estimate of drug-likeness (QED) is 0.643. The van der Waals surface area contributed by atoms with Gasteiger partial charge in [-0.2, -0.15) is 0 Å². The van der Waals surface area contributed by atoms with Gasteiger partial charge in [0.05, 0.1) is 7.11 Å². The minimum absolute atomic E-state index is 0.376. The number of anilines is 1. The number of thiocarbonyl (C=S) groups is 1. The molecule has 1 saturated carbocycles. The molecule has 0 amide bonds. The van der Waals surface area contributed by atoms with Crippen molar-refractivity contribution in [1.82, 2.24) is 0 Å². The van der Waals surface area contributed by atoms with Crippen LogP contribution in [0.3, 0.4) is 0 Å². The maximum Gasteiger partial charge on any atom is 0.260 e. The van der Waals surface area contributed by atoms with E-state index in [-0.39, 0.29) is 0 Å². The van der Waals surface area contributed by atoms with Crippen molar-refractivity contribution in [2.75, 3.05) is 12.4 Å². The van der Waals surface area contributed by atoms with Crippen molar-refractivity contribution in [3.05, 3.63) is 58.7 Å². The maximum absolute atomic E-state index is 6.26. The largest absolute Gasteiger partial charge is 0.489 e. The summed E-state index contributed by atoms with van der Waals surface area (Å²) >= 11 is 5.19. The third kappa shape index (κ3) is 4.36. The average Bonchev–Trinajstić information content (AvgIpc) is 3.51. The van der Waals surface area contributed by atoms with Gasteiger partial charge >= 0.3 is 0 Å². The van der Waals surface area contributed by atoms with Crippen molar-refractivity contribution in [2.24, 2.45) is 0 Å². The van der Waals surface area contributed by atoms with Crippen LogP contribution in [0.5, 0.6) is 5.75 Å². The second-order valence-electron chi connectivity index (χ2n) is 6.70. The van der Waals surface area contributed by atoms with Crippen molar-refractivity contribution in [3.8, 4) is 5.75 Å². The number of methoxy groups -OCH3 is 1. The minimum Gasteiger partial charge on any atom is -0.489 e. The van der Waals surface area contributed by atoms with Crippen LogP contribution in [-0.2, 0) is 24.2 Å². The Morgan fingerprint density at radius 1 is 1.15 bits per heavy atom. The zero-order chi connectivity index (χ0) is 18.5. The summed E-state index contributed by atoms with van der Waals surface area (Å²) in [6.45, 7) is 4.88. The molecule has 3 nitrogen and oxygen atoms in total. The predicted octanol–water partition coefficient (Wildman–Crippen LogP) is 5.61. The van der Waals surface area contributed by atoms with E-state index in [9.17, 15) is 0 Å². The van der Waals surface area contributed by atoms with Crippen LogP contribution in [0.25, 0.3) is 0 Å². The molecule has 138 valence electrons. The fourth-order valence-corrected chi connectivity index (χ4v) is 3.35. The molecule has 3 rings (SSSR count). The van der Waals surface area contributed by atoms with E-state index in [1.807, 2.05) is 6.07 Å². The lowest BCUT2D eigenvalue weighted by Crippen LogP contribution is -2.14. The number of nitrogens with one attached hydrogen (secondary N) is 1. The predicted molar refractivity (Wildman–Crippen MR) is 111 cm³/mol. The van der Waals surface area contributed by atoms with Crippen molar-refractivity contribution in [3.63, 3.8) is 0 Å². The summed E-state index contributed by atoms with van der Waals surface area (Å²) < 4.78 is 11.4. The summed E-state index contributed by atoms with van der Waals surface area (Å²) in [5, 5.41) is 3.57. The lowest BCUT2D eigenvalue weighted by atomic mass is 10.0. The van der Waals surface area contributed by atoms with Gasteiger partial charge in [0.15, 0.2) is 0 Å². The summed E-state index contributed by atoms with van der Waals surface area (Å²) in [7, 11) is 1.58. The molecular formula is C22H27NO2S. The number of hydrogen-bond acceptors (Lipinski definition) is 3. The molecule has 0 aliphatic heterocycles. The molecule has 0 heterocycles. The average molecular weight is 370 g/mol. The number of benzene rings is 2. The van der Waals surface area contributed by atoms with E-state index in [2.05, 4.69) is 49.5 Å². The number of ether oxygens (including phenoxy) is 2. The fraction of sp³-hybridized carbons (Fsp3) is 0.409. The molecule has 0 atom stereocenters. The van der Waals surface area contributed by atoms with Crippen LogP contribution in [0.4, 0.5) is 5.69 Å². The first-order chi connectivity index (χ1) is 12.7. The zero-order valence-corrected chi connectivity index (χ0v) is 16.6. The molecule has 0 radical (unpaired) electrons. The molecule has 1 N–H and O–H groups in total. The number of rotatable bonds is 7. The first-order valence-corrected chi connectivity index (χ1v) is 9.78. The van der Waals surface area contributed by atoms with E-state index < -0.39 is 0 Å². The molecule has 1 fully saturated rings. The van der Waals surface area contributed by atoms with Gasteiger partial charge in [0.25, 0.3) is 5.17 Å². The highest BCUT2D eigenvalue weighted by molar-refractivity contribution is 7.80. The molecular weight excluding hydrogens is 342 g/mol. The van der Waals surface area contributed by atoms with Gasteiger partial charge in [-0.15, -0.1) is 0 Å². The van der Waals surface area contributed by atoms with Gasteiger partial charge in [-0.05, 0) is 72.6 Å². The molecule has 0 unspecified atom stereocenters. The maximum atomic E-state index is 6.26. The fourth-order valence-electron chi connectivity index (χ4n) is 3.24. The smallest absolute Gasteiger partial charge is 0.260 e. The SMILES string of the molecule is CCc1ccc(OCc2c(NC(=S)OC)cccc2C2CC2)c(CC)c1. The van der Waals surface area contributed by atoms with Crippen molar-refractivity contribution in [1.29, 1.82) is 0 Å². The van der Waals surface area contributed by atoms with Crippen LogP contribution in [-0.4, -0.2) is 12.3 Å². The summed E-state index contributed by atoms with van der Waals surface area (Å²) in [6, 6.07) is 12.8. The molecule has 1 aliphatic carbocycles. The third-order valence-corrected chi connectivity index (χ3v) is 5.21. The Labute approximate surface area is 161 Å². The van der Waals surface area contributed by atoms with Crippen LogP contribution in [0.2, 0.25) is 0 Å². The summed E-state index contributed by atoms with van der Waals surface area (Å²) in [5.41, 5.74) is 6.12. The van der Waals surface area contributed by atoms with Gasteiger partial charge in [0.2, 0.25) is 0 Å². The van der Waals surface area contributed by atoms with Gasteiger partial charge in [-0.25, -0.2) is 0 Å². The monoisotopic (exact) mass is 369 g/mol. The van der Waals surface area contributed by atoms with Crippen molar-refractivity contribution in [2.45, 2.75) is 52.1 Å². The standard InChI is InChI=1S/C22H27NO2S/c1-4-15-9-12-21(16(5-2)13-15)25-14-19-18(17-10-11-17)7-6-8-20(19)23-22(26)24-3/h6-9,12-13,17H,4-5,10-11,14H2,1-3H3,(H,23,26). The van der Waals surface area contributed by atoms with Crippen molar-refractivity contribution < 1.29 is 9.47 Å². The van der Waals surface area contributed by atoms with Gasteiger partial charge in [-0.3, -0.25) is 0 Å². The second kappa shape index (κ2) is 8.54. The Hall–Kier alpha value is -2.07. The molecule has 0 spiro atoms. The highest BCUT2D eigenvalue weighted by Crippen LogP contribution is 2.43. The molecule has 2 aromatic carbocycles. The first kappa shape index (κ1) is 18.7. The topological polar surface area (TPSA) is 30.5 Å². The van der Waals surface area contributed by atoms with E-state index in [4.69, 9.17) is 21.7 Å². The zero-order valence-electron chi connectivity index (χ0n) is 15.8. The molecule has 26 heavy (non-hydrogen) atoms. The lowest BCUT2D eigenvalue weighted by Gasteiger charge is -2.18. The van der Waals surface area contributed by atoms with E-state index in [1.165, 1.54) is 35.1 Å². The summed E-state index contributed by atoms with van der Waals surface area (Å²) in [4.78, 5) is 0. The Morgan fingerprint density at radius 3 is 2.62 bits per heavy atom. The van der Waals surface area contributed by atoms with Crippen LogP contribution in [0.15, 0.2) is 36.4 Å². The molecule has 2 aromatic rings. The van der Waals surface area contributed by atoms with Gasteiger partial charge in [0.1, 0.15) is 12.4 Å². The van der Waals surface area contributed by atoms with E-state index in [0.717, 1.165) is 24.3 Å². The second-order valence-corrected chi connectivity index (χ2v) is 7.07. The number of hydrogen-bond donors (Lipinski definition) is 1. The molecule has 0 aromatic heterocycles. The Bertz CT molecular complexity index is 784. The van der Waals surface area contributed by atoms with Crippen LogP contribution in [0.1, 0.15) is 54.9 Å². The van der Waals surface area contributed by atoms with Gasteiger partial charge in [0, 0.05) is 11.3 Å². The highest BCUT2D eigenvalue weighted by atomic mass is 32.1. The Kier molecular flexibility index (Phi) is 6.15. The van der Waals surface area contributed by atoms with Crippen molar-refractivity contribution >= 4 is 23.1 Å². The Morgan fingerprint density at radius 2 is 1.96 bits per heavy atom. The van der Waals surface area contributed by atoms with Crippen LogP contribution in [0, 0.1) is 0 Å². The summed E-state index contributed by atoms with van der Waals surface area (Å²) in [5.74, 6) is 1.61. The normalized spacial score (nSPS) is 13.3. The molecule has 0 saturated heterocycles. The van der Waals surface area contributed by atoms with Gasteiger partial charge in [-0.1, -0.05) is 38.1 Å². The van der Waals surface area contributed by atoms with Crippen LogP contribution < -0.4 is 10.1 Å². The Balaban J connectivity index is 1.85. The minimum atomic E-state index is 0.376. The van der Waals surface area contributed by atoms with E-state index in [1.54, 1.807) is 7.11 Å². The third-order valence-electron chi connectivity index (χ3n) is 4.94. The van der Waals surface area contributed by atoms with Crippen LogP contribution >= 0.6 is 12.2 Å². The van der Waals surface area contributed by atoms with E-state index in [0.29, 0.717) is 17.7 Å². The molecule has 1 aliphatic rings. The number of aryl methyl sites for hydroxylation is 2. The summed E-state index contributed by atoms with van der Waals surface area (Å²) in [6.07, 6.45) is 4.50. The van der Waals surface area contributed by atoms with Gasteiger partial charge < -0.3 is 14.8 Å². The van der Waals surface area contributed by atoms with E-state index >= 15 is 0 Å². The lowest BCUT2D eigenvalue weighted by molar-refractivity contribution is 0.302. The molecule has 4 heteroatoms. The highest BCUT2D eigenvalue weighted by Gasteiger charge is 2.27.